The lowest BCUT2D eigenvalue weighted by Crippen LogP contribution is -2.16. The molecule has 0 aliphatic rings. The van der Waals surface area contributed by atoms with Gasteiger partial charge in [-0.25, -0.2) is 9.47 Å². The molecule has 0 atom stereocenters. The molecule has 0 aliphatic carbocycles. The molecule has 8 nitrogen and oxygen atoms in total. The van der Waals surface area contributed by atoms with Crippen LogP contribution < -0.4 is 11.2 Å². The summed E-state index contributed by atoms with van der Waals surface area (Å²) in [5.74, 6) is 5.79. The standard InChI is InChI=1S/C18H17Cl2N5O3S2/c1-3-28-17(27)15-9(2)6-14(30-15)22-13(26)8-29-18-24-23-16(25(18)21)11-5-4-10(19)7-12(11)20/h4-7H,3,8,21H2,1-2H3,(H,22,26). The summed E-state index contributed by atoms with van der Waals surface area (Å²) >= 11 is 14.4. The van der Waals surface area contributed by atoms with Gasteiger partial charge in [-0.05, 0) is 43.7 Å². The third kappa shape index (κ3) is 5.07. The van der Waals surface area contributed by atoms with Crippen LogP contribution in [0, 0.1) is 6.92 Å². The molecule has 158 valence electrons. The number of anilines is 1. The van der Waals surface area contributed by atoms with Gasteiger partial charge in [0.15, 0.2) is 5.82 Å². The summed E-state index contributed by atoms with van der Waals surface area (Å²) in [6.45, 7) is 3.81. The van der Waals surface area contributed by atoms with Gasteiger partial charge < -0.3 is 15.9 Å². The number of rotatable bonds is 7. The lowest BCUT2D eigenvalue weighted by atomic mass is 10.2. The van der Waals surface area contributed by atoms with Gasteiger partial charge in [-0.1, -0.05) is 35.0 Å². The van der Waals surface area contributed by atoms with Crippen molar-refractivity contribution in [1.82, 2.24) is 14.9 Å². The Balaban J connectivity index is 1.64. The first-order valence-electron chi connectivity index (χ1n) is 8.66. The van der Waals surface area contributed by atoms with E-state index >= 15 is 0 Å². The second kappa shape index (κ2) is 9.69. The lowest BCUT2D eigenvalue weighted by Gasteiger charge is -2.06. The average Bonchev–Trinajstić information content (AvgIpc) is 3.23. The minimum Gasteiger partial charge on any atom is -0.462 e. The minimum atomic E-state index is -0.403. The van der Waals surface area contributed by atoms with Crippen molar-refractivity contribution in [2.75, 3.05) is 23.5 Å². The number of nitrogens with one attached hydrogen (secondary N) is 1. The largest absolute Gasteiger partial charge is 0.462 e. The monoisotopic (exact) mass is 485 g/mol. The second-order valence-corrected chi connectivity index (χ2v) is 8.82. The first-order valence-corrected chi connectivity index (χ1v) is 11.2. The van der Waals surface area contributed by atoms with Crippen molar-refractivity contribution in [3.63, 3.8) is 0 Å². The number of nitrogen functional groups attached to an aromatic ring is 1. The molecule has 0 saturated carbocycles. The molecule has 0 unspecified atom stereocenters. The van der Waals surface area contributed by atoms with Crippen LogP contribution >= 0.6 is 46.3 Å². The van der Waals surface area contributed by atoms with E-state index in [-0.39, 0.29) is 18.3 Å². The number of thiophene rings is 1. The van der Waals surface area contributed by atoms with E-state index < -0.39 is 5.97 Å². The molecule has 2 aromatic heterocycles. The second-order valence-electron chi connectivity index (χ2n) is 5.98. The van der Waals surface area contributed by atoms with Crippen LogP contribution in [0.2, 0.25) is 10.0 Å². The van der Waals surface area contributed by atoms with Crippen LogP contribution in [0.5, 0.6) is 0 Å². The van der Waals surface area contributed by atoms with Crippen LogP contribution in [0.3, 0.4) is 0 Å². The van der Waals surface area contributed by atoms with Gasteiger partial charge in [0.2, 0.25) is 11.1 Å². The molecule has 0 saturated heterocycles. The first kappa shape index (κ1) is 22.4. The topological polar surface area (TPSA) is 112 Å². The van der Waals surface area contributed by atoms with Crippen molar-refractivity contribution >= 4 is 63.2 Å². The van der Waals surface area contributed by atoms with Gasteiger partial charge in [-0.15, -0.1) is 21.5 Å². The Kier molecular flexibility index (Phi) is 7.24. The zero-order valence-corrected chi connectivity index (χ0v) is 19.1. The zero-order valence-electron chi connectivity index (χ0n) is 15.9. The molecular weight excluding hydrogens is 469 g/mol. The summed E-state index contributed by atoms with van der Waals surface area (Å²) in [4.78, 5) is 24.7. The summed E-state index contributed by atoms with van der Waals surface area (Å²) < 4.78 is 6.27. The van der Waals surface area contributed by atoms with Crippen molar-refractivity contribution in [2.45, 2.75) is 19.0 Å². The zero-order chi connectivity index (χ0) is 21.8. The van der Waals surface area contributed by atoms with E-state index in [4.69, 9.17) is 33.8 Å². The number of aryl methyl sites for hydroxylation is 1. The highest BCUT2D eigenvalue weighted by Crippen LogP contribution is 2.31. The van der Waals surface area contributed by atoms with Gasteiger partial charge in [0.05, 0.1) is 22.4 Å². The number of aromatic nitrogens is 3. The van der Waals surface area contributed by atoms with Gasteiger partial charge in [-0.3, -0.25) is 4.79 Å². The number of ether oxygens (including phenoxy) is 1. The lowest BCUT2D eigenvalue weighted by molar-refractivity contribution is -0.113. The van der Waals surface area contributed by atoms with E-state index in [0.717, 1.165) is 17.3 Å². The number of benzene rings is 1. The van der Waals surface area contributed by atoms with E-state index in [1.54, 1.807) is 38.1 Å². The average molecular weight is 486 g/mol. The van der Waals surface area contributed by atoms with Crippen molar-refractivity contribution in [1.29, 1.82) is 0 Å². The molecule has 3 aromatic rings. The highest BCUT2D eigenvalue weighted by molar-refractivity contribution is 7.99. The quantitative estimate of drug-likeness (QED) is 0.292. The van der Waals surface area contributed by atoms with Crippen molar-refractivity contribution in [3.05, 3.63) is 44.8 Å². The maximum Gasteiger partial charge on any atom is 0.348 e. The van der Waals surface area contributed by atoms with Crippen LogP contribution in [0.4, 0.5) is 5.00 Å². The van der Waals surface area contributed by atoms with Crippen molar-refractivity contribution in [2.24, 2.45) is 0 Å². The first-order chi connectivity index (χ1) is 14.3. The SMILES string of the molecule is CCOC(=O)c1sc(NC(=O)CSc2nnc(-c3ccc(Cl)cc3Cl)n2N)cc1C. The number of amides is 1. The molecule has 3 N–H and O–H groups in total. The summed E-state index contributed by atoms with van der Waals surface area (Å²) in [5, 5.41) is 12.6. The van der Waals surface area contributed by atoms with E-state index in [2.05, 4.69) is 15.5 Å². The van der Waals surface area contributed by atoms with E-state index in [0.29, 0.717) is 36.5 Å². The maximum absolute atomic E-state index is 12.3. The molecule has 3 rings (SSSR count). The molecule has 0 aliphatic heterocycles. The number of hydrogen-bond donors (Lipinski definition) is 2. The summed E-state index contributed by atoms with van der Waals surface area (Å²) in [5.41, 5.74) is 1.32. The van der Waals surface area contributed by atoms with Gasteiger partial charge in [-0.2, -0.15) is 0 Å². The molecule has 0 radical (unpaired) electrons. The number of carbonyl (C=O) groups is 2. The molecule has 1 aromatic carbocycles. The number of nitrogens with zero attached hydrogens (tertiary/aromatic N) is 3. The number of nitrogens with two attached hydrogens (primary N) is 1. The van der Waals surface area contributed by atoms with E-state index in [1.807, 2.05) is 0 Å². The number of carbonyl (C=O) groups excluding carboxylic acids is 2. The predicted molar refractivity (Wildman–Crippen MR) is 120 cm³/mol. The van der Waals surface area contributed by atoms with Gasteiger partial charge in [0.1, 0.15) is 4.88 Å². The van der Waals surface area contributed by atoms with Crippen LogP contribution in [-0.2, 0) is 9.53 Å². The minimum absolute atomic E-state index is 0.0510. The Morgan fingerprint density at radius 3 is 2.77 bits per heavy atom. The number of esters is 1. The Morgan fingerprint density at radius 2 is 2.07 bits per heavy atom. The third-order valence-corrected chi connectivity index (χ3v) is 6.43. The Labute approximate surface area is 190 Å². The smallest absolute Gasteiger partial charge is 0.348 e. The summed E-state index contributed by atoms with van der Waals surface area (Å²) in [6.07, 6.45) is 0. The third-order valence-electron chi connectivity index (χ3n) is 3.81. The van der Waals surface area contributed by atoms with Gasteiger partial charge >= 0.3 is 5.97 Å². The fourth-order valence-corrected chi connectivity index (χ4v) is 4.61. The molecule has 0 fully saturated rings. The number of thioether (sulfide) groups is 1. The predicted octanol–water partition coefficient (Wildman–Crippen LogP) is 4.24. The fourth-order valence-electron chi connectivity index (χ4n) is 2.48. The van der Waals surface area contributed by atoms with Crippen LogP contribution in [-0.4, -0.2) is 39.1 Å². The molecule has 2 heterocycles. The Morgan fingerprint density at radius 1 is 1.30 bits per heavy atom. The molecule has 12 heteroatoms. The van der Waals surface area contributed by atoms with Crippen LogP contribution in [0.1, 0.15) is 22.2 Å². The highest BCUT2D eigenvalue weighted by Gasteiger charge is 2.18. The van der Waals surface area contributed by atoms with Crippen LogP contribution in [0.15, 0.2) is 29.4 Å². The van der Waals surface area contributed by atoms with E-state index in [9.17, 15) is 9.59 Å². The Hall–Kier alpha value is -2.27. The van der Waals surface area contributed by atoms with Crippen molar-refractivity contribution in [3.8, 4) is 11.4 Å². The number of hydrogen-bond acceptors (Lipinski definition) is 8. The molecule has 0 spiro atoms. The molecule has 1 amide bonds. The van der Waals surface area contributed by atoms with Crippen molar-refractivity contribution < 1.29 is 14.3 Å². The van der Waals surface area contributed by atoms with Gasteiger partial charge in [0, 0.05) is 10.6 Å². The normalized spacial score (nSPS) is 10.8. The molecule has 0 bridgehead atoms. The number of halogens is 2. The molecular formula is C18H17Cl2N5O3S2. The Bertz CT molecular complexity index is 1100. The molecule has 30 heavy (non-hydrogen) atoms. The van der Waals surface area contributed by atoms with E-state index in [1.165, 1.54) is 16.0 Å². The van der Waals surface area contributed by atoms with Gasteiger partial charge in [0.25, 0.3) is 0 Å². The van der Waals surface area contributed by atoms with Crippen LogP contribution in [0.25, 0.3) is 11.4 Å². The maximum atomic E-state index is 12.3. The summed E-state index contributed by atoms with van der Waals surface area (Å²) in [7, 11) is 0. The highest BCUT2D eigenvalue weighted by atomic mass is 35.5. The fraction of sp³-hybridized carbons (Fsp3) is 0.222. The summed E-state index contributed by atoms with van der Waals surface area (Å²) in [6, 6.07) is 6.68.